The van der Waals surface area contributed by atoms with Crippen molar-refractivity contribution in [2.24, 2.45) is 5.14 Å². The number of benzene rings is 2. The zero-order valence-electron chi connectivity index (χ0n) is 18.7. The predicted molar refractivity (Wildman–Crippen MR) is 136 cm³/mol. The lowest BCUT2D eigenvalue weighted by Crippen LogP contribution is -2.36. The second-order valence-corrected chi connectivity index (χ2v) is 9.66. The van der Waals surface area contributed by atoms with Crippen molar-refractivity contribution in [3.8, 4) is 0 Å². The van der Waals surface area contributed by atoms with Crippen molar-refractivity contribution in [3.05, 3.63) is 77.2 Å². The number of primary sulfonamides is 1. The van der Waals surface area contributed by atoms with E-state index in [9.17, 15) is 13.2 Å². The van der Waals surface area contributed by atoms with Gasteiger partial charge in [-0.1, -0.05) is 6.07 Å². The molecular formula is C24H24N6O4S. The summed E-state index contributed by atoms with van der Waals surface area (Å²) >= 11 is 0. The second-order valence-electron chi connectivity index (χ2n) is 8.10. The Kier molecular flexibility index (Phi) is 6.12. The van der Waals surface area contributed by atoms with Crippen molar-refractivity contribution in [2.75, 3.05) is 41.8 Å². The lowest BCUT2D eigenvalue weighted by Gasteiger charge is -2.28. The summed E-state index contributed by atoms with van der Waals surface area (Å²) in [5.74, 6) is 0.802. The molecule has 2 aromatic carbocycles. The Labute approximate surface area is 201 Å². The lowest BCUT2D eigenvalue weighted by atomic mass is 10.2. The number of aromatic amines is 1. The molecule has 0 spiro atoms. The van der Waals surface area contributed by atoms with Gasteiger partial charge in [-0.15, -0.1) is 0 Å². The number of H-pyrrole nitrogens is 1. The standard InChI is InChI=1S/C24H24N6O4S/c25-35(32,33)20-3-1-2-18(15-20)27-21-14-16-8-9-26-24(31)22(16)23(29-21)28-17-4-6-19(7-5-17)30-10-12-34-13-11-30/h1-9,14-15H,10-13H2,(H,26,31)(H2,25,32,33)(H2,27,28,29). The topological polar surface area (TPSA) is 142 Å². The highest BCUT2D eigenvalue weighted by Gasteiger charge is 2.14. The molecule has 10 nitrogen and oxygen atoms in total. The van der Waals surface area contributed by atoms with Crippen molar-refractivity contribution in [1.82, 2.24) is 9.97 Å². The fraction of sp³-hybridized carbons (Fsp3) is 0.167. The van der Waals surface area contributed by atoms with Gasteiger partial charge in [-0.05, 0) is 60.0 Å². The minimum Gasteiger partial charge on any atom is -0.378 e. The van der Waals surface area contributed by atoms with Gasteiger partial charge in [0.25, 0.3) is 5.56 Å². The Bertz CT molecular complexity index is 1530. The molecule has 0 unspecified atom stereocenters. The van der Waals surface area contributed by atoms with Gasteiger partial charge in [0.05, 0.1) is 23.5 Å². The van der Waals surface area contributed by atoms with E-state index >= 15 is 0 Å². The number of pyridine rings is 2. The number of nitrogens with zero attached hydrogens (tertiary/aromatic N) is 2. The molecular weight excluding hydrogens is 468 g/mol. The Hall–Kier alpha value is -3.93. The largest absolute Gasteiger partial charge is 0.378 e. The summed E-state index contributed by atoms with van der Waals surface area (Å²) in [6.45, 7) is 3.10. The number of fused-ring (bicyclic) bond motifs is 1. The highest BCUT2D eigenvalue weighted by Crippen LogP contribution is 2.28. The zero-order chi connectivity index (χ0) is 24.4. The van der Waals surface area contributed by atoms with Gasteiger partial charge in [0.1, 0.15) is 11.6 Å². The van der Waals surface area contributed by atoms with E-state index in [1.54, 1.807) is 30.5 Å². The minimum absolute atomic E-state index is 0.0153. The van der Waals surface area contributed by atoms with Gasteiger partial charge >= 0.3 is 0 Å². The third-order valence-corrected chi connectivity index (χ3v) is 6.61. The maximum atomic E-state index is 12.6. The third kappa shape index (κ3) is 5.11. The molecule has 0 atom stereocenters. The van der Waals surface area contributed by atoms with E-state index < -0.39 is 10.0 Å². The van der Waals surface area contributed by atoms with Crippen LogP contribution in [0.5, 0.6) is 0 Å². The maximum absolute atomic E-state index is 12.6. The molecule has 1 saturated heterocycles. The number of hydrogen-bond acceptors (Lipinski definition) is 8. The molecule has 4 aromatic rings. The summed E-state index contributed by atoms with van der Waals surface area (Å²) in [7, 11) is -3.85. The number of nitrogens with one attached hydrogen (secondary N) is 3. The Morgan fingerprint density at radius 2 is 1.74 bits per heavy atom. The Balaban J connectivity index is 1.47. The van der Waals surface area contributed by atoms with Crippen LogP contribution in [0.1, 0.15) is 0 Å². The Morgan fingerprint density at radius 1 is 0.971 bits per heavy atom. The summed E-state index contributed by atoms with van der Waals surface area (Å²) < 4.78 is 28.8. The van der Waals surface area contributed by atoms with Gasteiger partial charge in [-0.25, -0.2) is 18.5 Å². The quantitative estimate of drug-likeness (QED) is 0.322. The molecule has 2 aromatic heterocycles. The zero-order valence-corrected chi connectivity index (χ0v) is 19.5. The summed E-state index contributed by atoms with van der Waals surface area (Å²) in [5, 5.41) is 12.7. The first-order valence-corrected chi connectivity index (χ1v) is 12.5. The number of ether oxygens (including phenoxy) is 1. The van der Waals surface area contributed by atoms with E-state index in [2.05, 4.69) is 25.5 Å². The smallest absolute Gasteiger partial charge is 0.259 e. The molecule has 35 heavy (non-hydrogen) atoms. The SMILES string of the molecule is NS(=O)(=O)c1cccc(Nc2cc3cc[nH]c(=O)c3c(Nc3ccc(N4CCOCC4)cc3)n2)c1. The summed E-state index contributed by atoms with van der Waals surface area (Å²) in [6.07, 6.45) is 1.57. The van der Waals surface area contributed by atoms with Gasteiger partial charge in [0.2, 0.25) is 10.0 Å². The number of anilines is 5. The first-order chi connectivity index (χ1) is 16.9. The average Bonchev–Trinajstić information content (AvgIpc) is 2.85. The number of aromatic nitrogens is 2. The molecule has 0 aliphatic carbocycles. The van der Waals surface area contributed by atoms with Gasteiger partial charge in [-0.3, -0.25) is 4.79 Å². The monoisotopic (exact) mass is 492 g/mol. The van der Waals surface area contributed by atoms with Crippen molar-refractivity contribution in [3.63, 3.8) is 0 Å². The number of morpholine rings is 1. The fourth-order valence-electron chi connectivity index (χ4n) is 3.98. The lowest BCUT2D eigenvalue weighted by molar-refractivity contribution is 0.122. The van der Waals surface area contributed by atoms with Crippen LogP contribution in [0.4, 0.5) is 28.7 Å². The van der Waals surface area contributed by atoms with Crippen LogP contribution >= 0.6 is 0 Å². The number of rotatable bonds is 6. The van der Waals surface area contributed by atoms with E-state index in [0.29, 0.717) is 41.3 Å². The highest BCUT2D eigenvalue weighted by atomic mass is 32.2. The summed E-state index contributed by atoms with van der Waals surface area (Å²) in [6, 6.07) is 17.5. The van der Waals surface area contributed by atoms with Crippen LogP contribution < -0.4 is 26.2 Å². The Morgan fingerprint density at radius 3 is 2.49 bits per heavy atom. The first kappa shape index (κ1) is 22.8. The molecule has 11 heteroatoms. The van der Waals surface area contributed by atoms with E-state index in [-0.39, 0.29) is 10.5 Å². The van der Waals surface area contributed by atoms with E-state index in [0.717, 1.165) is 24.5 Å². The molecule has 1 fully saturated rings. The molecule has 0 amide bonds. The molecule has 1 aliphatic heterocycles. The number of sulfonamides is 1. The first-order valence-electron chi connectivity index (χ1n) is 11.0. The minimum atomic E-state index is -3.85. The van der Waals surface area contributed by atoms with Gasteiger partial charge in [0.15, 0.2) is 0 Å². The van der Waals surface area contributed by atoms with E-state index in [1.807, 2.05) is 24.3 Å². The summed E-state index contributed by atoms with van der Waals surface area (Å²) in [4.78, 5) is 22.2. The van der Waals surface area contributed by atoms with Crippen LogP contribution in [-0.4, -0.2) is 44.7 Å². The number of nitrogens with two attached hydrogens (primary N) is 1. The van der Waals surface area contributed by atoms with E-state index in [4.69, 9.17) is 9.88 Å². The van der Waals surface area contributed by atoms with Crippen LogP contribution in [0.3, 0.4) is 0 Å². The van der Waals surface area contributed by atoms with Crippen LogP contribution in [0.15, 0.2) is 76.6 Å². The van der Waals surface area contributed by atoms with Crippen molar-refractivity contribution in [1.29, 1.82) is 0 Å². The van der Waals surface area contributed by atoms with Crippen molar-refractivity contribution >= 4 is 49.5 Å². The molecule has 5 rings (SSSR count). The second kappa shape index (κ2) is 9.37. The van der Waals surface area contributed by atoms with Crippen molar-refractivity contribution in [2.45, 2.75) is 4.90 Å². The average molecular weight is 493 g/mol. The van der Waals surface area contributed by atoms with Gasteiger partial charge in [0, 0.05) is 36.3 Å². The van der Waals surface area contributed by atoms with Crippen LogP contribution in [0, 0.1) is 0 Å². The molecule has 0 radical (unpaired) electrons. The molecule has 1 aliphatic rings. The highest BCUT2D eigenvalue weighted by molar-refractivity contribution is 7.89. The third-order valence-electron chi connectivity index (χ3n) is 5.70. The molecule has 0 saturated carbocycles. The van der Waals surface area contributed by atoms with Crippen LogP contribution in [0.25, 0.3) is 10.8 Å². The number of hydrogen-bond donors (Lipinski definition) is 4. The van der Waals surface area contributed by atoms with Gasteiger partial charge < -0.3 is 25.3 Å². The van der Waals surface area contributed by atoms with Crippen LogP contribution in [-0.2, 0) is 14.8 Å². The molecule has 3 heterocycles. The van der Waals surface area contributed by atoms with Gasteiger partial charge in [-0.2, -0.15) is 0 Å². The maximum Gasteiger partial charge on any atom is 0.259 e. The normalized spacial score (nSPS) is 14.1. The van der Waals surface area contributed by atoms with E-state index in [1.165, 1.54) is 12.1 Å². The predicted octanol–water partition coefficient (Wildman–Crippen LogP) is 2.89. The van der Waals surface area contributed by atoms with Crippen LogP contribution in [0.2, 0.25) is 0 Å². The molecule has 5 N–H and O–H groups in total. The fourth-order valence-corrected chi connectivity index (χ4v) is 4.54. The summed E-state index contributed by atoms with van der Waals surface area (Å²) in [5.41, 5.74) is 2.09. The molecule has 0 bridgehead atoms. The van der Waals surface area contributed by atoms with Crippen molar-refractivity contribution < 1.29 is 13.2 Å². The molecule has 180 valence electrons.